The molecule has 0 aromatic carbocycles. The van der Waals surface area contributed by atoms with E-state index in [1.165, 1.54) is 0 Å². The Hall–Kier alpha value is -3.85. The van der Waals surface area contributed by atoms with Gasteiger partial charge in [0.25, 0.3) is 0 Å². The summed E-state index contributed by atoms with van der Waals surface area (Å²) < 4.78 is 264. The molecule has 0 radical (unpaired) electrons. The average Bonchev–Trinajstić information content (AvgIpc) is 3.03. The van der Waals surface area contributed by atoms with Crippen LogP contribution in [0, 0.1) is 0 Å². The van der Waals surface area contributed by atoms with E-state index >= 15 is 0 Å². The summed E-state index contributed by atoms with van der Waals surface area (Å²) in [6.45, 7) is 1.41. The standard InChI is InChI=1S/C29H31F17O11/c1-13(47)53-12-17-18(54-14(2)48)19(55-15(3)49)20(56-16(4)50)21(57-17)52-11-6-5-9-51-10-7-8-22(30,31)23(32,33)24(34,35)25(36,37)26(38,39)27(40,41)28(42,43)29(44,45)46/h6,11,17-21H,5,7-10,12H2,1-4H3/t17-,18+,19+,20-,21-/m1/s1. The molecule has 0 N–H and O–H groups in total. The molecular weight excluding hydrogens is 847 g/mol. The molecule has 28 heteroatoms. The molecule has 1 heterocycles. The second-order valence-electron chi connectivity index (χ2n) is 11.7. The van der Waals surface area contributed by atoms with E-state index in [4.69, 9.17) is 33.2 Å². The second-order valence-corrected chi connectivity index (χ2v) is 11.7. The first kappa shape index (κ1) is 51.2. The molecule has 1 aliphatic heterocycles. The molecule has 0 unspecified atom stereocenters. The van der Waals surface area contributed by atoms with Crippen molar-refractivity contribution in [2.75, 3.05) is 19.8 Å². The minimum atomic E-state index is -8.71. The lowest BCUT2D eigenvalue weighted by atomic mass is 9.88. The van der Waals surface area contributed by atoms with E-state index in [1.807, 2.05) is 0 Å². The molecule has 1 rings (SSSR count). The van der Waals surface area contributed by atoms with Crippen LogP contribution in [-0.2, 0) is 52.3 Å². The molecular formula is C29H31F17O11. The third-order valence-corrected chi connectivity index (χ3v) is 7.25. The molecule has 1 saturated heterocycles. The number of carbonyl (C=O) groups excluding carboxylic acids is 4. The van der Waals surface area contributed by atoms with Gasteiger partial charge in [0.15, 0.2) is 12.2 Å². The van der Waals surface area contributed by atoms with Crippen LogP contribution < -0.4 is 0 Å². The summed E-state index contributed by atoms with van der Waals surface area (Å²) in [4.78, 5) is 46.7. The summed E-state index contributed by atoms with van der Waals surface area (Å²) in [6, 6.07) is 0. The van der Waals surface area contributed by atoms with Gasteiger partial charge in [0.1, 0.15) is 12.7 Å². The topological polar surface area (TPSA) is 133 Å². The summed E-state index contributed by atoms with van der Waals surface area (Å²) in [5, 5.41) is 0. The van der Waals surface area contributed by atoms with Crippen LogP contribution in [0.25, 0.3) is 0 Å². The lowest BCUT2D eigenvalue weighted by Crippen LogP contribution is -2.74. The fourth-order valence-corrected chi connectivity index (χ4v) is 4.50. The first-order valence-electron chi connectivity index (χ1n) is 15.4. The average molecular weight is 879 g/mol. The SMILES string of the molecule is CC(=O)OC[C@H]1O[C@@H](OC=CCCOCCCC(F)(F)C(F)(F)C(F)(F)C(F)(F)C(F)(F)C(F)(F)C(F)(F)C(F)(F)F)[C@H](OC(C)=O)[C@@H](OC(C)=O)[C@H]1OC(C)=O. The number of alkyl halides is 17. The number of carbonyl (C=O) groups is 4. The zero-order chi connectivity index (χ0) is 44.8. The smallest absolute Gasteiger partial charge is 0.460 e. The fourth-order valence-electron chi connectivity index (χ4n) is 4.50. The first-order chi connectivity index (χ1) is 25.5. The summed E-state index contributed by atoms with van der Waals surface area (Å²) in [5.74, 6) is -60.7. The van der Waals surface area contributed by atoms with Crippen molar-refractivity contribution in [3.63, 3.8) is 0 Å². The predicted octanol–water partition coefficient (Wildman–Crippen LogP) is 6.80. The monoisotopic (exact) mass is 878 g/mol. The van der Waals surface area contributed by atoms with Crippen LogP contribution in [0.3, 0.4) is 0 Å². The number of rotatable bonds is 20. The summed E-state index contributed by atoms with van der Waals surface area (Å²) in [6.07, 6.45) is -18.5. The highest BCUT2D eigenvalue weighted by atomic mass is 19.4. The van der Waals surface area contributed by atoms with Crippen molar-refractivity contribution in [3.05, 3.63) is 12.3 Å². The van der Waals surface area contributed by atoms with Crippen LogP contribution in [0.1, 0.15) is 47.0 Å². The summed E-state index contributed by atoms with van der Waals surface area (Å²) in [5.41, 5.74) is 0. The van der Waals surface area contributed by atoms with Crippen molar-refractivity contribution in [2.45, 2.75) is 125 Å². The highest BCUT2D eigenvalue weighted by molar-refractivity contribution is 5.68. The molecule has 57 heavy (non-hydrogen) atoms. The van der Waals surface area contributed by atoms with Gasteiger partial charge in [-0.05, 0) is 18.9 Å². The number of ether oxygens (including phenoxy) is 7. The Labute approximate surface area is 309 Å². The molecule has 1 fully saturated rings. The van der Waals surface area contributed by atoms with Crippen LogP contribution in [0.4, 0.5) is 74.6 Å². The number of hydrogen-bond donors (Lipinski definition) is 0. The Kier molecular flexibility index (Phi) is 16.5. The lowest BCUT2D eigenvalue weighted by molar-refractivity contribution is -0.461. The number of hydrogen-bond acceptors (Lipinski definition) is 11. The van der Waals surface area contributed by atoms with Crippen molar-refractivity contribution in [1.29, 1.82) is 0 Å². The van der Waals surface area contributed by atoms with Gasteiger partial charge in [-0.2, -0.15) is 74.6 Å². The van der Waals surface area contributed by atoms with Crippen molar-refractivity contribution < 1.29 is 127 Å². The zero-order valence-electron chi connectivity index (χ0n) is 29.2. The molecule has 0 saturated carbocycles. The minimum Gasteiger partial charge on any atom is -0.469 e. The molecule has 332 valence electrons. The van der Waals surface area contributed by atoms with Gasteiger partial charge in [-0.3, -0.25) is 19.2 Å². The molecule has 0 bridgehead atoms. The normalized spacial score (nSPS) is 21.9. The highest BCUT2D eigenvalue weighted by Gasteiger charge is 2.95. The van der Waals surface area contributed by atoms with E-state index in [2.05, 4.69) is 0 Å². The van der Waals surface area contributed by atoms with Crippen molar-refractivity contribution in [2.24, 2.45) is 0 Å². The maximum atomic E-state index is 14.1. The van der Waals surface area contributed by atoms with Crippen molar-refractivity contribution in [1.82, 2.24) is 0 Å². The van der Waals surface area contributed by atoms with Crippen LogP contribution in [0.5, 0.6) is 0 Å². The Morgan fingerprint density at radius 3 is 1.46 bits per heavy atom. The Bertz CT molecular complexity index is 1440. The molecule has 5 atom stereocenters. The Morgan fingerprint density at radius 2 is 1.00 bits per heavy atom. The zero-order valence-corrected chi connectivity index (χ0v) is 29.2. The molecule has 0 aromatic rings. The van der Waals surface area contributed by atoms with E-state index < -0.39 is 135 Å². The highest BCUT2D eigenvalue weighted by Crippen LogP contribution is 2.64. The first-order valence-corrected chi connectivity index (χ1v) is 15.4. The van der Waals surface area contributed by atoms with E-state index in [1.54, 1.807) is 0 Å². The van der Waals surface area contributed by atoms with Gasteiger partial charge in [-0.1, -0.05) is 0 Å². The summed E-state index contributed by atoms with van der Waals surface area (Å²) >= 11 is 0. The van der Waals surface area contributed by atoms with Gasteiger partial charge in [0.2, 0.25) is 12.4 Å². The maximum absolute atomic E-state index is 14.1. The molecule has 0 aromatic heterocycles. The molecule has 1 aliphatic rings. The van der Waals surface area contributed by atoms with E-state index in [0.717, 1.165) is 40.0 Å². The van der Waals surface area contributed by atoms with E-state index in [-0.39, 0.29) is 6.42 Å². The van der Waals surface area contributed by atoms with Gasteiger partial charge in [-0.15, -0.1) is 0 Å². The molecule has 0 amide bonds. The van der Waals surface area contributed by atoms with Crippen molar-refractivity contribution in [3.8, 4) is 0 Å². The van der Waals surface area contributed by atoms with Crippen LogP contribution in [0.15, 0.2) is 12.3 Å². The fraction of sp³-hybridized carbons (Fsp3) is 0.793. The van der Waals surface area contributed by atoms with Gasteiger partial charge in [0.05, 0.1) is 12.9 Å². The van der Waals surface area contributed by atoms with Gasteiger partial charge < -0.3 is 33.2 Å². The molecule has 0 spiro atoms. The quantitative estimate of drug-likeness (QED) is 0.0421. The van der Waals surface area contributed by atoms with Crippen LogP contribution in [-0.4, -0.2) is 122 Å². The second kappa shape index (κ2) is 18.4. The molecule has 11 nitrogen and oxygen atoms in total. The number of halogens is 17. The predicted molar refractivity (Wildman–Crippen MR) is 148 cm³/mol. The number of esters is 4. The lowest BCUT2D eigenvalue weighted by Gasteiger charge is -2.43. The van der Waals surface area contributed by atoms with Crippen LogP contribution in [0.2, 0.25) is 0 Å². The van der Waals surface area contributed by atoms with Gasteiger partial charge >= 0.3 is 71.5 Å². The van der Waals surface area contributed by atoms with Crippen molar-refractivity contribution >= 4 is 23.9 Å². The van der Waals surface area contributed by atoms with E-state index in [9.17, 15) is 93.8 Å². The Balaban J connectivity index is 3.00. The van der Waals surface area contributed by atoms with E-state index in [0.29, 0.717) is 0 Å². The van der Waals surface area contributed by atoms with Gasteiger partial charge in [-0.25, -0.2) is 0 Å². The third kappa shape index (κ3) is 11.0. The minimum absolute atomic E-state index is 0.325. The summed E-state index contributed by atoms with van der Waals surface area (Å²) in [7, 11) is 0. The van der Waals surface area contributed by atoms with Crippen LogP contribution >= 0.6 is 0 Å². The largest absolute Gasteiger partial charge is 0.469 e. The molecule has 0 aliphatic carbocycles. The maximum Gasteiger partial charge on any atom is 0.460 e. The Morgan fingerprint density at radius 1 is 0.561 bits per heavy atom. The third-order valence-electron chi connectivity index (χ3n) is 7.25. The van der Waals surface area contributed by atoms with Gasteiger partial charge in [0, 0.05) is 40.7 Å².